The summed E-state index contributed by atoms with van der Waals surface area (Å²) < 4.78 is 0. The molecule has 30 heavy (non-hydrogen) atoms. The van der Waals surface area contributed by atoms with Crippen LogP contribution in [0.1, 0.15) is 115 Å². The van der Waals surface area contributed by atoms with Gasteiger partial charge in [-0.05, 0) is 37.0 Å². The number of carboxylic acids is 1. The number of benzene rings is 1. The van der Waals surface area contributed by atoms with Gasteiger partial charge in [0.2, 0.25) is 0 Å². The number of aryl methyl sites for hydroxylation is 1. The zero-order valence-corrected chi connectivity index (χ0v) is 19.1. The number of carbonyl (C=O) groups is 1. The predicted molar refractivity (Wildman–Crippen MR) is 124 cm³/mol. The molecular weight excluding hydrogens is 376 g/mol. The van der Waals surface area contributed by atoms with Crippen LogP contribution in [0, 0.1) is 5.92 Å². The summed E-state index contributed by atoms with van der Waals surface area (Å²) in [4.78, 5) is 11.5. The van der Waals surface area contributed by atoms with Crippen LogP contribution in [0.3, 0.4) is 0 Å². The molecule has 0 spiro atoms. The van der Waals surface area contributed by atoms with Gasteiger partial charge in [0.15, 0.2) is 11.5 Å². The van der Waals surface area contributed by atoms with Gasteiger partial charge in [-0.1, -0.05) is 103 Å². The molecule has 1 rings (SSSR count). The first kappa shape index (κ1) is 26.3. The average molecular weight is 421 g/mol. The van der Waals surface area contributed by atoms with Gasteiger partial charge in [-0.2, -0.15) is 0 Å². The van der Waals surface area contributed by atoms with Crippen LogP contribution in [0.4, 0.5) is 0 Å². The van der Waals surface area contributed by atoms with Gasteiger partial charge in [-0.15, -0.1) is 0 Å². The van der Waals surface area contributed by atoms with Crippen molar-refractivity contribution in [1.82, 2.24) is 0 Å². The first-order valence-electron chi connectivity index (χ1n) is 12.3. The van der Waals surface area contributed by atoms with E-state index in [2.05, 4.69) is 6.92 Å². The van der Waals surface area contributed by atoms with Crippen LogP contribution in [0.25, 0.3) is 0 Å². The highest BCUT2D eigenvalue weighted by Crippen LogP contribution is 2.26. The molecule has 0 saturated heterocycles. The van der Waals surface area contributed by atoms with Crippen molar-refractivity contribution in [2.75, 3.05) is 0 Å². The summed E-state index contributed by atoms with van der Waals surface area (Å²) >= 11 is 0. The third-order valence-electron chi connectivity index (χ3n) is 6.08. The van der Waals surface area contributed by atoms with Crippen LogP contribution in [0.2, 0.25) is 0 Å². The molecule has 4 heteroatoms. The molecule has 4 nitrogen and oxygen atoms in total. The smallest absolute Gasteiger partial charge is 0.306 e. The molecule has 0 radical (unpaired) electrons. The Bertz CT molecular complexity index is 570. The summed E-state index contributed by atoms with van der Waals surface area (Å²) in [6.45, 7) is 2.26. The Balaban J connectivity index is 2.01. The van der Waals surface area contributed by atoms with E-state index in [0.29, 0.717) is 12.8 Å². The Labute approximate surface area is 183 Å². The van der Waals surface area contributed by atoms with Gasteiger partial charge in [0.25, 0.3) is 0 Å². The highest BCUT2D eigenvalue weighted by molar-refractivity contribution is 5.69. The molecule has 1 unspecified atom stereocenters. The molecule has 0 aliphatic rings. The van der Waals surface area contributed by atoms with Crippen molar-refractivity contribution in [1.29, 1.82) is 0 Å². The molecule has 3 N–H and O–H groups in total. The lowest BCUT2D eigenvalue weighted by molar-refractivity contribution is -0.142. The van der Waals surface area contributed by atoms with Gasteiger partial charge >= 0.3 is 5.97 Å². The molecule has 1 aromatic rings. The van der Waals surface area contributed by atoms with E-state index < -0.39 is 5.97 Å². The minimum absolute atomic E-state index is 0.143. The lowest BCUT2D eigenvalue weighted by Crippen LogP contribution is -2.14. The molecule has 0 amide bonds. The van der Waals surface area contributed by atoms with Gasteiger partial charge in [0.1, 0.15) is 0 Å². The summed E-state index contributed by atoms with van der Waals surface area (Å²) in [6, 6.07) is 4.70. The van der Waals surface area contributed by atoms with E-state index in [1.807, 2.05) is 0 Å². The lowest BCUT2D eigenvalue weighted by Gasteiger charge is -2.12. The van der Waals surface area contributed by atoms with Gasteiger partial charge in [0.05, 0.1) is 5.92 Å². The van der Waals surface area contributed by atoms with Crippen LogP contribution >= 0.6 is 0 Å². The Morgan fingerprint density at radius 3 is 1.70 bits per heavy atom. The summed E-state index contributed by atoms with van der Waals surface area (Å²) in [7, 11) is 0. The van der Waals surface area contributed by atoms with E-state index in [-0.39, 0.29) is 17.4 Å². The number of aliphatic carboxylic acids is 1. The summed E-state index contributed by atoms with van der Waals surface area (Å²) in [5.41, 5.74) is 0.859. The van der Waals surface area contributed by atoms with Crippen molar-refractivity contribution in [3.8, 4) is 11.5 Å². The van der Waals surface area contributed by atoms with Gasteiger partial charge in [0, 0.05) is 0 Å². The lowest BCUT2D eigenvalue weighted by atomic mass is 9.93. The van der Waals surface area contributed by atoms with E-state index in [0.717, 1.165) is 24.8 Å². The molecule has 0 aromatic heterocycles. The van der Waals surface area contributed by atoms with Crippen molar-refractivity contribution < 1.29 is 20.1 Å². The summed E-state index contributed by atoms with van der Waals surface area (Å²) in [5.74, 6) is -1.35. The highest BCUT2D eigenvalue weighted by Gasteiger charge is 2.17. The van der Waals surface area contributed by atoms with Crippen molar-refractivity contribution in [2.45, 2.75) is 116 Å². The number of hydrogen-bond donors (Lipinski definition) is 3. The monoisotopic (exact) mass is 420 g/mol. The SMILES string of the molecule is CCCCCCCCCCCCCCCCC(CCc1ccc(O)c(O)c1)C(=O)O. The number of unbranched alkanes of at least 4 members (excludes halogenated alkanes) is 13. The fourth-order valence-corrected chi connectivity index (χ4v) is 4.04. The Morgan fingerprint density at radius 2 is 1.23 bits per heavy atom. The maximum atomic E-state index is 11.5. The number of aromatic hydroxyl groups is 2. The number of carboxylic acid groups (broad SMARTS) is 1. The molecule has 0 heterocycles. The molecule has 1 atom stereocenters. The van der Waals surface area contributed by atoms with Gasteiger partial charge in [-0.25, -0.2) is 0 Å². The van der Waals surface area contributed by atoms with Gasteiger partial charge in [-0.3, -0.25) is 4.79 Å². The van der Waals surface area contributed by atoms with Crippen molar-refractivity contribution in [2.24, 2.45) is 5.92 Å². The Kier molecular flexibility index (Phi) is 14.9. The number of rotatable bonds is 19. The largest absolute Gasteiger partial charge is 0.504 e. The minimum Gasteiger partial charge on any atom is -0.504 e. The Morgan fingerprint density at radius 1 is 0.733 bits per heavy atom. The third-order valence-corrected chi connectivity index (χ3v) is 6.08. The van der Waals surface area contributed by atoms with E-state index >= 15 is 0 Å². The normalized spacial score (nSPS) is 12.2. The molecule has 1 aromatic carbocycles. The standard InChI is InChI=1S/C26H44O4/c1-2-3-4-5-6-7-8-9-10-11-12-13-14-15-16-23(26(29)30)19-17-22-18-20-24(27)25(28)21-22/h18,20-21,23,27-28H,2-17,19H2,1H3,(H,29,30). The van der Waals surface area contributed by atoms with Crippen LogP contribution in [-0.2, 0) is 11.2 Å². The minimum atomic E-state index is -0.729. The van der Waals surface area contributed by atoms with Crippen LogP contribution in [-0.4, -0.2) is 21.3 Å². The average Bonchev–Trinajstić information content (AvgIpc) is 2.72. The van der Waals surface area contributed by atoms with Crippen molar-refractivity contribution in [3.63, 3.8) is 0 Å². The summed E-state index contributed by atoms with van der Waals surface area (Å²) in [6.07, 6.45) is 20.1. The molecule has 172 valence electrons. The quantitative estimate of drug-likeness (QED) is 0.159. The number of phenolic OH excluding ortho intramolecular Hbond substituents is 2. The van der Waals surface area contributed by atoms with E-state index in [1.165, 1.54) is 89.2 Å². The Hall–Kier alpha value is -1.71. The second-order valence-electron chi connectivity index (χ2n) is 8.78. The predicted octanol–water partition coefficient (Wildman–Crippen LogP) is 7.60. The molecule has 0 fully saturated rings. The number of hydrogen-bond acceptors (Lipinski definition) is 3. The fourth-order valence-electron chi connectivity index (χ4n) is 4.04. The molecule has 0 bridgehead atoms. The van der Waals surface area contributed by atoms with E-state index in [9.17, 15) is 20.1 Å². The third kappa shape index (κ3) is 12.8. The molecular formula is C26H44O4. The van der Waals surface area contributed by atoms with Crippen LogP contribution < -0.4 is 0 Å². The van der Waals surface area contributed by atoms with Gasteiger partial charge < -0.3 is 15.3 Å². The second kappa shape index (κ2) is 17.0. The molecule has 0 aliphatic carbocycles. The zero-order valence-electron chi connectivity index (χ0n) is 19.1. The zero-order chi connectivity index (χ0) is 22.0. The molecule has 0 saturated carbocycles. The van der Waals surface area contributed by atoms with Crippen LogP contribution in [0.5, 0.6) is 11.5 Å². The first-order chi connectivity index (χ1) is 14.5. The summed E-state index contributed by atoms with van der Waals surface area (Å²) in [5, 5.41) is 28.4. The van der Waals surface area contributed by atoms with Crippen LogP contribution in [0.15, 0.2) is 18.2 Å². The van der Waals surface area contributed by atoms with E-state index in [1.54, 1.807) is 6.07 Å². The fraction of sp³-hybridized carbons (Fsp3) is 0.731. The first-order valence-corrected chi connectivity index (χ1v) is 12.3. The molecule has 0 aliphatic heterocycles. The van der Waals surface area contributed by atoms with E-state index in [4.69, 9.17) is 0 Å². The van der Waals surface area contributed by atoms with Crippen molar-refractivity contribution >= 4 is 5.97 Å². The van der Waals surface area contributed by atoms with Crippen molar-refractivity contribution in [3.05, 3.63) is 23.8 Å². The topological polar surface area (TPSA) is 77.8 Å². The highest BCUT2D eigenvalue weighted by atomic mass is 16.4. The maximum Gasteiger partial charge on any atom is 0.306 e. The maximum absolute atomic E-state index is 11.5. The number of phenols is 2. The second-order valence-corrected chi connectivity index (χ2v) is 8.78.